The van der Waals surface area contributed by atoms with Crippen molar-refractivity contribution in [2.24, 2.45) is 0 Å². The van der Waals surface area contributed by atoms with Crippen LogP contribution in [0.3, 0.4) is 0 Å². The van der Waals surface area contributed by atoms with Crippen LogP contribution in [0.2, 0.25) is 0 Å². The Balaban J connectivity index is 1.50. The first-order valence-electron chi connectivity index (χ1n) is 10.5. The molecule has 0 unspecified atom stereocenters. The summed E-state index contributed by atoms with van der Waals surface area (Å²) in [5.41, 5.74) is 0.956. The van der Waals surface area contributed by atoms with Gasteiger partial charge in [-0.2, -0.15) is 5.10 Å². The van der Waals surface area contributed by atoms with Gasteiger partial charge >= 0.3 is 0 Å². The van der Waals surface area contributed by atoms with Crippen molar-refractivity contribution in [3.05, 3.63) is 75.5 Å². The van der Waals surface area contributed by atoms with Crippen LogP contribution >= 0.6 is 0 Å². The highest BCUT2D eigenvalue weighted by Crippen LogP contribution is 2.20. The number of nitrogens with zero attached hydrogens (tertiary/aromatic N) is 3. The highest BCUT2D eigenvalue weighted by atomic mass is 19.1. The van der Waals surface area contributed by atoms with Gasteiger partial charge in [-0.05, 0) is 23.8 Å². The number of aromatic amines is 1. The van der Waals surface area contributed by atoms with Crippen molar-refractivity contribution in [1.29, 1.82) is 0 Å². The standard InChI is InChI=1S/C23H22FN5O4/c24-19-6-5-15(12-20-16-3-1-2-4-17(16)22(32)27-26-20)11-18(19)23(33)29-9-7-28(8-10-29)21(31)13-25-14-30/h1-6,11,14H,7-10,12-13H2,(H,25,30)(H,27,32). The molecular formula is C23H22FN5O4. The Labute approximate surface area is 188 Å². The van der Waals surface area contributed by atoms with E-state index in [9.17, 15) is 23.6 Å². The summed E-state index contributed by atoms with van der Waals surface area (Å²) in [7, 11) is 0. The number of aromatic nitrogens is 2. The van der Waals surface area contributed by atoms with Crippen LogP contribution in [0.25, 0.3) is 10.8 Å². The molecule has 1 saturated heterocycles. The number of hydrogen-bond acceptors (Lipinski definition) is 5. The zero-order chi connectivity index (χ0) is 23.4. The first kappa shape index (κ1) is 22.1. The van der Waals surface area contributed by atoms with E-state index in [-0.39, 0.29) is 36.7 Å². The molecule has 1 aliphatic heterocycles. The van der Waals surface area contributed by atoms with Gasteiger partial charge in [-0.3, -0.25) is 19.2 Å². The average Bonchev–Trinajstić information content (AvgIpc) is 2.85. The molecule has 0 atom stereocenters. The monoisotopic (exact) mass is 451 g/mol. The number of piperazine rings is 1. The summed E-state index contributed by atoms with van der Waals surface area (Å²) in [5.74, 6) is -1.31. The van der Waals surface area contributed by atoms with E-state index in [4.69, 9.17) is 0 Å². The molecule has 170 valence electrons. The molecule has 33 heavy (non-hydrogen) atoms. The SMILES string of the molecule is O=CNCC(=O)N1CCN(C(=O)c2cc(Cc3n[nH]c(=O)c4ccccc34)ccc2F)CC1. The summed E-state index contributed by atoms with van der Waals surface area (Å²) in [5, 5.41) is 10.2. The lowest BCUT2D eigenvalue weighted by molar-refractivity contribution is -0.132. The quantitative estimate of drug-likeness (QED) is 0.535. The van der Waals surface area contributed by atoms with Crippen molar-refractivity contribution in [1.82, 2.24) is 25.3 Å². The summed E-state index contributed by atoms with van der Waals surface area (Å²) in [6.45, 7) is 1.05. The lowest BCUT2D eigenvalue weighted by Gasteiger charge is -2.34. The Bertz CT molecular complexity index is 1270. The number of benzene rings is 2. The third kappa shape index (κ3) is 4.74. The Hall–Kier alpha value is -4.08. The molecule has 9 nitrogen and oxygen atoms in total. The minimum atomic E-state index is -0.628. The Morgan fingerprint density at radius 2 is 1.76 bits per heavy atom. The van der Waals surface area contributed by atoms with Gasteiger partial charge in [0, 0.05) is 38.0 Å². The molecule has 3 aromatic rings. The van der Waals surface area contributed by atoms with Gasteiger partial charge in [-0.25, -0.2) is 9.49 Å². The number of hydrogen-bond donors (Lipinski definition) is 2. The summed E-state index contributed by atoms with van der Waals surface area (Å²) in [6.07, 6.45) is 0.767. The van der Waals surface area contributed by atoms with Gasteiger partial charge in [0.25, 0.3) is 11.5 Å². The third-order valence-corrected chi connectivity index (χ3v) is 5.66. The summed E-state index contributed by atoms with van der Waals surface area (Å²) in [4.78, 5) is 50.4. The van der Waals surface area contributed by atoms with E-state index >= 15 is 0 Å². The van der Waals surface area contributed by atoms with E-state index in [1.807, 2.05) is 6.07 Å². The normalized spacial score (nSPS) is 13.7. The molecule has 2 aromatic carbocycles. The molecule has 2 heterocycles. The van der Waals surface area contributed by atoms with Crippen molar-refractivity contribution < 1.29 is 18.8 Å². The molecule has 0 bridgehead atoms. The van der Waals surface area contributed by atoms with E-state index in [0.717, 1.165) is 0 Å². The van der Waals surface area contributed by atoms with Crippen LogP contribution in [-0.4, -0.2) is 70.9 Å². The highest BCUT2D eigenvalue weighted by molar-refractivity contribution is 5.95. The van der Waals surface area contributed by atoms with Gasteiger partial charge in [-0.15, -0.1) is 0 Å². The van der Waals surface area contributed by atoms with Gasteiger partial charge in [-0.1, -0.05) is 24.3 Å². The molecule has 4 rings (SSSR count). The van der Waals surface area contributed by atoms with Crippen molar-refractivity contribution >= 4 is 29.0 Å². The lowest BCUT2D eigenvalue weighted by Crippen LogP contribution is -2.52. The number of fused-ring (bicyclic) bond motifs is 1. The molecule has 0 saturated carbocycles. The fourth-order valence-electron chi connectivity index (χ4n) is 3.92. The summed E-state index contributed by atoms with van der Waals surface area (Å²) < 4.78 is 14.5. The van der Waals surface area contributed by atoms with Crippen LogP contribution in [0.1, 0.15) is 21.6 Å². The first-order valence-corrected chi connectivity index (χ1v) is 10.5. The average molecular weight is 451 g/mol. The second-order valence-electron chi connectivity index (χ2n) is 7.71. The van der Waals surface area contributed by atoms with Crippen LogP contribution in [0.15, 0.2) is 47.3 Å². The van der Waals surface area contributed by atoms with Crippen LogP contribution in [-0.2, 0) is 16.0 Å². The van der Waals surface area contributed by atoms with Crippen molar-refractivity contribution in [3.8, 4) is 0 Å². The second-order valence-corrected chi connectivity index (χ2v) is 7.71. The van der Waals surface area contributed by atoms with Crippen molar-refractivity contribution in [2.45, 2.75) is 6.42 Å². The van der Waals surface area contributed by atoms with E-state index in [0.29, 0.717) is 48.0 Å². The Morgan fingerprint density at radius 1 is 1.06 bits per heavy atom. The maximum atomic E-state index is 14.5. The maximum Gasteiger partial charge on any atom is 0.272 e. The fourth-order valence-corrected chi connectivity index (χ4v) is 3.92. The van der Waals surface area contributed by atoms with Crippen LogP contribution in [0.5, 0.6) is 0 Å². The van der Waals surface area contributed by atoms with Crippen LogP contribution in [0, 0.1) is 5.82 Å². The zero-order valence-electron chi connectivity index (χ0n) is 17.7. The molecule has 10 heteroatoms. The van der Waals surface area contributed by atoms with E-state index < -0.39 is 11.7 Å². The second kappa shape index (κ2) is 9.60. The van der Waals surface area contributed by atoms with Crippen LogP contribution < -0.4 is 10.9 Å². The highest BCUT2D eigenvalue weighted by Gasteiger charge is 2.26. The van der Waals surface area contributed by atoms with Crippen LogP contribution in [0.4, 0.5) is 4.39 Å². The predicted octanol–water partition coefficient (Wildman–Crippen LogP) is 0.683. The predicted molar refractivity (Wildman–Crippen MR) is 118 cm³/mol. The number of halogens is 1. The van der Waals surface area contributed by atoms with E-state index in [1.165, 1.54) is 17.0 Å². The van der Waals surface area contributed by atoms with E-state index in [1.54, 1.807) is 29.2 Å². The first-order chi connectivity index (χ1) is 16.0. The molecule has 2 N–H and O–H groups in total. The number of nitrogens with one attached hydrogen (secondary N) is 2. The summed E-state index contributed by atoms with van der Waals surface area (Å²) in [6, 6.07) is 11.4. The largest absolute Gasteiger partial charge is 0.350 e. The smallest absolute Gasteiger partial charge is 0.272 e. The number of amides is 3. The van der Waals surface area contributed by atoms with Crippen molar-refractivity contribution in [2.75, 3.05) is 32.7 Å². The molecule has 0 spiro atoms. The molecular weight excluding hydrogens is 429 g/mol. The van der Waals surface area contributed by atoms with Gasteiger partial charge in [0.15, 0.2) is 0 Å². The molecule has 1 aromatic heterocycles. The number of rotatable bonds is 6. The topological polar surface area (TPSA) is 115 Å². The van der Waals surface area contributed by atoms with Crippen molar-refractivity contribution in [3.63, 3.8) is 0 Å². The zero-order valence-corrected chi connectivity index (χ0v) is 17.7. The number of carbonyl (C=O) groups excluding carboxylic acids is 3. The van der Waals surface area contributed by atoms with Gasteiger partial charge in [0.1, 0.15) is 5.82 Å². The minimum absolute atomic E-state index is 0.0522. The van der Waals surface area contributed by atoms with Gasteiger partial charge in [0.2, 0.25) is 12.3 Å². The number of carbonyl (C=O) groups is 3. The maximum absolute atomic E-state index is 14.5. The van der Waals surface area contributed by atoms with Gasteiger partial charge < -0.3 is 15.1 Å². The fraction of sp³-hybridized carbons (Fsp3) is 0.261. The minimum Gasteiger partial charge on any atom is -0.350 e. The Kier molecular flexibility index (Phi) is 6.43. The van der Waals surface area contributed by atoms with E-state index in [2.05, 4.69) is 15.5 Å². The molecule has 1 aliphatic rings. The summed E-state index contributed by atoms with van der Waals surface area (Å²) >= 11 is 0. The third-order valence-electron chi connectivity index (χ3n) is 5.66. The molecule has 0 aliphatic carbocycles. The molecule has 3 amide bonds. The molecule has 0 radical (unpaired) electrons. The number of H-pyrrole nitrogens is 1. The lowest BCUT2D eigenvalue weighted by atomic mass is 10.0. The molecule has 1 fully saturated rings. The van der Waals surface area contributed by atoms with Gasteiger partial charge in [0.05, 0.1) is 23.2 Å². The Morgan fingerprint density at radius 3 is 2.48 bits per heavy atom.